The molecule has 0 radical (unpaired) electrons. The van der Waals surface area contributed by atoms with Crippen LogP contribution in [0.2, 0.25) is 5.02 Å². The molecule has 2 aromatic rings. The Balaban J connectivity index is 1.81. The summed E-state index contributed by atoms with van der Waals surface area (Å²) in [5, 5.41) is 9.90. The number of carbonyl (C=O) groups is 2. The van der Waals surface area contributed by atoms with Crippen molar-refractivity contribution in [2.45, 2.75) is 12.8 Å². The molecule has 1 amide bonds. The lowest BCUT2D eigenvalue weighted by Gasteiger charge is -2.16. The first-order valence-electron chi connectivity index (χ1n) is 8.19. The zero-order valence-corrected chi connectivity index (χ0v) is 15.0. The summed E-state index contributed by atoms with van der Waals surface area (Å²) in [6.07, 6.45) is 4.40. The first kappa shape index (κ1) is 18.0. The van der Waals surface area contributed by atoms with Crippen LogP contribution in [-0.2, 0) is 4.79 Å². The van der Waals surface area contributed by atoms with Gasteiger partial charge in [0.2, 0.25) is 5.91 Å². The van der Waals surface area contributed by atoms with Crippen molar-refractivity contribution in [3.8, 4) is 11.5 Å². The first-order chi connectivity index (χ1) is 12.5. The normalized spacial score (nSPS) is 14.2. The summed E-state index contributed by atoms with van der Waals surface area (Å²) in [5.74, 6) is -0.0163. The molecule has 0 aromatic heterocycles. The summed E-state index contributed by atoms with van der Waals surface area (Å²) in [5.41, 5.74) is 1.86. The number of ketones is 1. The number of rotatable bonds is 5. The molecule has 1 aliphatic rings. The van der Waals surface area contributed by atoms with Crippen LogP contribution in [0.3, 0.4) is 0 Å². The van der Waals surface area contributed by atoms with Gasteiger partial charge in [0, 0.05) is 24.2 Å². The lowest BCUT2D eigenvalue weighted by Crippen LogP contribution is -2.23. The highest BCUT2D eigenvalue weighted by molar-refractivity contribution is 6.32. The number of carbonyl (C=O) groups excluding carboxylic acids is 2. The van der Waals surface area contributed by atoms with Gasteiger partial charge in [-0.05, 0) is 42.3 Å². The van der Waals surface area contributed by atoms with Gasteiger partial charge in [-0.2, -0.15) is 0 Å². The van der Waals surface area contributed by atoms with Crippen molar-refractivity contribution in [3.63, 3.8) is 0 Å². The van der Waals surface area contributed by atoms with E-state index in [0.29, 0.717) is 24.1 Å². The van der Waals surface area contributed by atoms with Crippen molar-refractivity contribution in [1.82, 2.24) is 0 Å². The van der Waals surface area contributed by atoms with Crippen molar-refractivity contribution < 1.29 is 19.4 Å². The number of benzene rings is 2. The van der Waals surface area contributed by atoms with Crippen LogP contribution >= 0.6 is 11.6 Å². The molecule has 134 valence electrons. The largest absolute Gasteiger partial charge is 0.503 e. The fourth-order valence-electron chi connectivity index (χ4n) is 2.86. The maximum Gasteiger partial charge on any atom is 0.227 e. The molecule has 0 spiro atoms. The van der Waals surface area contributed by atoms with Gasteiger partial charge in [0.05, 0.1) is 12.1 Å². The molecule has 0 atom stereocenters. The molecule has 1 fully saturated rings. The standard InChI is InChI=1S/C20H18ClNO4/c1-26-18-11-13(10-16(21)20(18)25)7-8-17(23)14-4-2-5-15(12-14)22-9-3-6-19(22)24/h2,4-5,7-8,10-12,25H,3,6,9H2,1H3/b8-7+. The predicted molar refractivity (Wildman–Crippen MR) is 101 cm³/mol. The maximum atomic E-state index is 12.5. The van der Waals surface area contributed by atoms with E-state index in [1.807, 2.05) is 6.07 Å². The van der Waals surface area contributed by atoms with Gasteiger partial charge in [0.25, 0.3) is 0 Å². The average molecular weight is 372 g/mol. The Hall–Kier alpha value is -2.79. The second-order valence-corrected chi connectivity index (χ2v) is 6.36. The van der Waals surface area contributed by atoms with Crippen molar-refractivity contribution in [3.05, 3.63) is 58.6 Å². The van der Waals surface area contributed by atoms with E-state index >= 15 is 0 Å². The van der Waals surface area contributed by atoms with E-state index in [2.05, 4.69) is 0 Å². The number of ether oxygens (including phenoxy) is 1. The Morgan fingerprint density at radius 3 is 2.81 bits per heavy atom. The molecule has 1 heterocycles. The number of anilines is 1. The maximum absolute atomic E-state index is 12.5. The topological polar surface area (TPSA) is 66.8 Å². The Labute approximate surface area is 156 Å². The van der Waals surface area contributed by atoms with Gasteiger partial charge >= 0.3 is 0 Å². The van der Waals surface area contributed by atoms with Gasteiger partial charge in [-0.15, -0.1) is 0 Å². The lowest BCUT2D eigenvalue weighted by molar-refractivity contribution is -0.117. The van der Waals surface area contributed by atoms with Crippen LogP contribution in [0.1, 0.15) is 28.8 Å². The van der Waals surface area contributed by atoms with E-state index in [4.69, 9.17) is 16.3 Å². The van der Waals surface area contributed by atoms with Crippen LogP contribution in [0.4, 0.5) is 5.69 Å². The average Bonchev–Trinajstić information content (AvgIpc) is 3.08. The van der Waals surface area contributed by atoms with Crippen LogP contribution < -0.4 is 9.64 Å². The minimum absolute atomic E-state index is 0.0796. The Morgan fingerprint density at radius 2 is 2.12 bits per heavy atom. The van der Waals surface area contributed by atoms with Gasteiger partial charge in [-0.3, -0.25) is 9.59 Å². The summed E-state index contributed by atoms with van der Waals surface area (Å²) in [4.78, 5) is 26.0. The number of methoxy groups -OCH3 is 1. The van der Waals surface area contributed by atoms with Crippen LogP contribution in [0.15, 0.2) is 42.5 Å². The second-order valence-electron chi connectivity index (χ2n) is 5.95. The molecule has 0 bridgehead atoms. The molecule has 6 heteroatoms. The number of amides is 1. The van der Waals surface area contributed by atoms with Crippen LogP contribution in [0.25, 0.3) is 6.08 Å². The van der Waals surface area contributed by atoms with E-state index in [1.54, 1.807) is 41.3 Å². The molecule has 1 N–H and O–H groups in total. The Kier molecular flexibility index (Phi) is 5.28. The zero-order chi connectivity index (χ0) is 18.7. The summed E-state index contributed by atoms with van der Waals surface area (Å²) in [7, 11) is 1.43. The molecule has 0 unspecified atom stereocenters. The summed E-state index contributed by atoms with van der Waals surface area (Å²) in [6.45, 7) is 0.679. The quantitative estimate of drug-likeness (QED) is 0.635. The fraction of sp³-hybridized carbons (Fsp3) is 0.200. The molecule has 0 aliphatic carbocycles. The molecule has 0 saturated carbocycles. The third-order valence-corrected chi connectivity index (χ3v) is 4.50. The molecule has 3 rings (SSSR count). The number of hydrogen-bond donors (Lipinski definition) is 1. The highest BCUT2D eigenvalue weighted by Crippen LogP contribution is 2.35. The summed E-state index contributed by atoms with van der Waals surface area (Å²) in [6, 6.07) is 10.2. The van der Waals surface area contributed by atoms with E-state index in [1.165, 1.54) is 13.2 Å². The van der Waals surface area contributed by atoms with E-state index < -0.39 is 0 Å². The first-order valence-corrected chi connectivity index (χ1v) is 8.56. The molecule has 1 saturated heterocycles. The summed E-state index contributed by atoms with van der Waals surface area (Å²) >= 11 is 5.95. The number of halogens is 1. The highest BCUT2D eigenvalue weighted by atomic mass is 35.5. The Morgan fingerprint density at radius 1 is 1.31 bits per heavy atom. The third kappa shape index (κ3) is 3.73. The van der Waals surface area contributed by atoms with Crippen LogP contribution in [-0.4, -0.2) is 30.5 Å². The van der Waals surface area contributed by atoms with E-state index in [9.17, 15) is 14.7 Å². The van der Waals surface area contributed by atoms with Crippen molar-refractivity contribution in [2.75, 3.05) is 18.6 Å². The number of phenols is 1. The van der Waals surface area contributed by atoms with E-state index in [-0.39, 0.29) is 28.2 Å². The highest BCUT2D eigenvalue weighted by Gasteiger charge is 2.22. The van der Waals surface area contributed by atoms with Crippen molar-refractivity contribution in [2.24, 2.45) is 0 Å². The number of phenolic OH excluding ortho intramolecular Hbond substituents is 1. The molecule has 1 aliphatic heterocycles. The number of aromatic hydroxyl groups is 1. The minimum Gasteiger partial charge on any atom is -0.503 e. The van der Waals surface area contributed by atoms with Gasteiger partial charge < -0.3 is 14.7 Å². The third-order valence-electron chi connectivity index (χ3n) is 4.21. The number of allylic oxidation sites excluding steroid dienone is 1. The SMILES string of the molecule is COc1cc(/C=C/C(=O)c2cccc(N3CCCC3=O)c2)cc(Cl)c1O. The predicted octanol–water partition coefficient (Wildman–Crippen LogP) is 4.08. The molecular formula is C20H18ClNO4. The lowest BCUT2D eigenvalue weighted by atomic mass is 10.1. The second kappa shape index (κ2) is 7.62. The molecule has 26 heavy (non-hydrogen) atoms. The monoisotopic (exact) mass is 371 g/mol. The van der Waals surface area contributed by atoms with Crippen LogP contribution in [0.5, 0.6) is 11.5 Å². The van der Waals surface area contributed by atoms with Gasteiger partial charge in [-0.25, -0.2) is 0 Å². The summed E-state index contributed by atoms with van der Waals surface area (Å²) < 4.78 is 5.05. The van der Waals surface area contributed by atoms with Gasteiger partial charge in [-0.1, -0.05) is 29.8 Å². The van der Waals surface area contributed by atoms with E-state index in [0.717, 1.165) is 12.1 Å². The number of hydrogen-bond acceptors (Lipinski definition) is 4. The van der Waals surface area contributed by atoms with Gasteiger partial charge in [0.15, 0.2) is 17.3 Å². The van der Waals surface area contributed by atoms with Gasteiger partial charge in [0.1, 0.15) is 0 Å². The molecule has 5 nitrogen and oxygen atoms in total. The fourth-order valence-corrected chi connectivity index (χ4v) is 3.08. The minimum atomic E-state index is -0.193. The molecular weight excluding hydrogens is 354 g/mol. The number of nitrogens with zero attached hydrogens (tertiary/aromatic N) is 1. The van der Waals surface area contributed by atoms with Crippen molar-refractivity contribution >= 4 is 35.1 Å². The molecule has 2 aromatic carbocycles. The van der Waals surface area contributed by atoms with Crippen LogP contribution in [0, 0.1) is 0 Å². The Bertz CT molecular complexity index is 891. The smallest absolute Gasteiger partial charge is 0.227 e. The van der Waals surface area contributed by atoms with Crippen molar-refractivity contribution in [1.29, 1.82) is 0 Å². The zero-order valence-electron chi connectivity index (χ0n) is 14.2.